The van der Waals surface area contributed by atoms with Crippen LogP contribution in [0.2, 0.25) is 0 Å². The first-order valence-electron chi connectivity index (χ1n) is 6.58. The van der Waals surface area contributed by atoms with Crippen molar-refractivity contribution in [1.82, 2.24) is 4.90 Å². The molecular formula is C16H12N2O4. The first-order chi connectivity index (χ1) is 10.6. The molecule has 0 saturated carbocycles. The van der Waals surface area contributed by atoms with Gasteiger partial charge in [0, 0.05) is 6.08 Å². The van der Waals surface area contributed by atoms with E-state index in [1.54, 1.807) is 36.4 Å². The highest BCUT2D eigenvalue weighted by Crippen LogP contribution is 2.24. The second kappa shape index (κ2) is 5.33. The fraction of sp³-hybridized carbons (Fsp3) is 0.0625. The van der Waals surface area contributed by atoms with Crippen molar-refractivity contribution in [2.75, 3.05) is 0 Å². The molecule has 1 aliphatic rings. The van der Waals surface area contributed by atoms with Gasteiger partial charge >= 0.3 is 0 Å². The number of hydrogen-bond acceptors (Lipinski definition) is 4. The number of nitrogens with two attached hydrogens (primary N) is 1. The molecule has 0 bridgehead atoms. The number of rotatable bonds is 4. The number of fused-ring (bicyclic) bond motifs is 1. The van der Waals surface area contributed by atoms with Gasteiger partial charge in [-0.25, -0.2) is 0 Å². The summed E-state index contributed by atoms with van der Waals surface area (Å²) in [6.45, 7) is 0.0385. The third-order valence-electron chi connectivity index (χ3n) is 3.29. The average molecular weight is 296 g/mol. The van der Waals surface area contributed by atoms with Crippen LogP contribution in [-0.2, 0) is 11.3 Å². The highest BCUT2D eigenvalue weighted by molar-refractivity contribution is 6.21. The topological polar surface area (TPSA) is 93.6 Å². The second-order valence-electron chi connectivity index (χ2n) is 4.78. The molecule has 2 aromatic rings. The molecule has 2 N–H and O–H groups in total. The molecule has 0 aliphatic carbocycles. The standard InChI is InChI=1S/C16H12N2O4/c17-14(19)8-7-10-5-6-11(22-10)9-18-15(20)12-3-1-2-4-13(12)16(18)21/h1-8H,9H2,(H2,17,19)/b8-7+. The molecule has 1 aromatic heterocycles. The van der Waals surface area contributed by atoms with E-state index in [2.05, 4.69) is 0 Å². The van der Waals surface area contributed by atoms with Crippen LogP contribution in [0.1, 0.15) is 32.2 Å². The van der Waals surface area contributed by atoms with Crippen molar-refractivity contribution in [2.45, 2.75) is 6.54 Å². The van der Waals surface area contributed by atoms with E-state index >= 15 is 0 Å². The molecule has 2 heterocycles. The number of furan rings is 1. The predicted molar refractivity (Wildman–Crippen MR) is 77.6 cm³/mol. The van der Waals surface area contributed by atoms with Crippen molar-refractivity contribution >= 4 is 23.8 Å². The lowest BCUT2D eigenvalue weighted by molar-refractivity contribution is -0.113. The summed E-state index contributed by atoms with van der Waals surface area (Å²) in [7, 11) is 0. The Bertz CT molecular complexity index is 769. The van der Waals surface area contributed by atoms with E-state index in [0.717, 1.165) is 4.90 Å². The first-order valence-corrected chi connectivity index (χ1v) is 6.58. The van der Waals surface area contributed by atoms with E-state index in [-0.39, 0.29) is 18.4 Å². The number of carbonyl (C=O) groups excluding carboxylic acids is 3. The summed E-state index contributed by atoms with van der Waals surface area (Å²) < 4.78 is 5.45. The maximum atomic E-state index is 12.2. The molecule has 110 valence electrons. The number of carbonyl (C=O) groups is 3. The third-order valence-corrected chi connectivity index (χ3v) is 3.29. The summed E-state index contributed by atoms with van der Waals surface area (Å²) in [5.74, 6) is -0.403. The number of benzene rings is 1. The van der Waals surface area contributed by atoms with Crippen LogP contribution in [0.25, 0.3) is 6.08 Å². The first kappa shape index (κ1) is 13.8. The largest absolute Gasteiger partial charge is 0.460 e. The van der Waals surface area contributed by atoms with Gasteiger partial charge in [-0.3, -0.25) is 19.3 Å². The molecule has 1 aliphatic heterocycles. The van der Waals surface area contributed by atoms with E-state index in [9.17, 15) is 14.4 Å². The minimum absolute atomic E-state index is 0.0385. The quantitative estimate of drug-likeness (QED) is 0.684. The van der Waals surface area contributed by atoms with Gasteiger partial charge in [-0.05, 0) is 30.3 Å². The number of amides is 3. The van der Waals surface area contributed by atoms with E-state index < -0.39 is 5.91 Å². The smallest absolute Gasteiger partial charge is 0.261 e. The van der Waals surface area contributed by atoms with E-state index in [4.69, 9.17) is 10.2 Å². The molecule has 3 rings (SSSR count). The predicted octanol–water partition coefficient (Wildman–Crippen LogP) is 1.57. The number of nitrogens with zero attached hydrogens (tertiary/aromatic N) is 1. The zero-order valence-corrected chi connectivity index (χ0v) is 11.5. The van der Waals surface area contributed by atoms with E-state index in [1.165, 1.54) is 12.2 Å². The molecule has 3 amide bonds. The number of primary amides is 1. The Labute approximate surface area is 125 Å². The molecule has 0 saturated heterocycles. The molecule has 22 heavy (non-hydrogen) atoms. The van der Waals surface area contributed by atoms with E-state index in [1.807, 2.05) is 0 Å². The highest BCUT2D eigenvalue weighted by Gasteiger charge is 2.35. The average Bonchev–Trinajstić information content (AvgIpc) is 3.05. The second-order valence-corrected chi connectivity index (χ2v) is 4.78. The molecule has 6 heteroatoms. The van der Waals surface area contributed by atoms with Crippen molar-refractivity contribution in [2.24, 2.45) is 5.73 Å². The Morgan fingerprint density at radius 1 is 1.09 bits per heavy atom. The van der Waals surface area contributed by atoms with Crippen LogP contribution in [0.15, 0.2) is 46.9 Å². The van der Waals surface area contributed by atoms with Crippen LogP contribution in [0.4, 0.5) is 0 Å². The lowest BCUT2D eigenvalue weighted by Gasteiger charge is -2.11. The zero-order chi connectivity index (χ0) is 15.7. The van der Waals surface area contributed by atoms with Crippen molar-refractivity contribution in [3.63, 3.8) is 0 Å². The molecule has 0 atom stereocenters. The van der Waals surface area contributed by atoms with Gasteiger partial charge in [0.15, 0.2) is 0 Å². The Morgan fingerprint density at radius 3 is 2.32 bits per heavy atom. The molecular weight excluding hydrogens is 284 g/mol. The van der Waals surface area contributed by atoms with Crippen LogP contribution < -0.4 is 5.73 Å². The lowest BCUT2D eigenvalue weighted by Crippen LogP contribution is -2.28. The Kier molecular flexibility index (Phi) is 3.34. The molecule has 6 nitrogen and oxygen atoms in total. The number of imide groups is 1. The molecule has 0 spiro atoms. The summed E-state index contributed by atoms with van der Waals surface area (Å²) in [5, 5.41) is 0. The zero-order valence-electron chi connectivity index (χ0n) is 11.5. The highest BCUT2D eigenvalue weighted by atomic mass is 16.3. The molecule has 0 radical (unpaired) electrons. The monoisotopic (exact) mass is 296 g/mol. The van der Waals surface area contributed by atoms with Crippen molar-refractivity contribution < 1.29 is 18.8 Å². The number of hydrogen-bond donors (Lipinski definition) is 1. The van der Waals surface area contributed by atoms with E-state index in [0.29, 0.717) is 22.6 Å². The third kappa shape index (κ3) is 2.42. The summed E-state index contributed by atoms with van der Waals surface area (Å²) in [4.78, 5) is 36.2. The minimum atomic E-state index is -0.585. The van der Waals surface area contributed by atoms with Crippen LogP contribution in [0, 0.1) is 0 Å². The Balaban J connectivity index is 1.79. The molecule has 0 unspecified atom stereocenters. The van der Waals surface area contributed by atoms with Crippen molar-refractivity contribution in [3.8, 4) is 0 Å². The summed E-state index contributed by atoms with van der Waals surface area (Å²) >= 11 is 0. The summed E-state index contributed by atoms with van der Waals surface area (Å²) in [6, 6.07) is 9.95. The van der Waals surface area contributed by atoms with Crippen LogP contribution in [0.5, 0.6) is 0 Å². The van der Waals surface area contributed by atoms with Gasteiger partial charge in [0.25, 0.3) is 11.8 Å². The molecule has 1 aromatic carbocycles. The Morgan fingerprint density at radius 2 is 1.73 bits per heavy atom. The maximum absolute atomic E-state index is 12.2. The van der Waals surface area contributed by atoms with Gasteiger partial charge in [0.1, 0.15) is 11.5 Å². The van der Waals surface area contributed by atoms with Crippen LogP contribution >= 0.6 is 0 Å². The normalized spacial score (nSPS) is 13.9. The van der Waals surface area contributed by atoms with Gasteiger partial charge in [0.05, 0.1) is 17.7 Å². The van der Waals surface area contributed by atoms with Gasteiger partial charge in [-0.2, -0.15) is 0 Å². The van der Waals surface area contributed by atoms with Crippen LogP contribution in [0.3, 0.4) is 0 Å². The van der Waals surface area contributed by atoms with Gasteiger partial charge in [-0.15, -0.1) is 0 Å². The van der Waals surface area contributed by atoms with Gasteiger partial charge in [-0.1, -0.05) is 12.1 Å². The van der Waals surface area contributed by atoms with Gasteiger partial charge < -0.3 is 10.2 Å². The van der Waals surface area contributed by atoms with Crippen LogP contribution in [-0.4, -0.2) is 22.6 Å². The van der Waals surface area contributed by atoms with Crippen molar-refractivity contribution in [3.05, 3.63) is 65.1 Å². The minimum Gasteiger partial charge on any atom is -0.460 e. The van der Waals surface area contributed by atoms with Gasteiger partial charge in [0.2, 0.25) is 5.91 Å². The summed E-state index contributed by atoms with van der Waals surface area (Å²) in [6.07, 6.45) is 2.60. The summed E-state index contributed by atoms with van der Waals surface area (Å²) in [5.41, 5.74) is 5.79. The Hall–Kier alpha value is -3.15. The SMILES string of the molecule is NC(=O)/C=C/c1ccc(CN2C(=O)c3ccccc3C2=O)o1. The maximum Gasteiger partial charge on any atom is 0.261 e. The van der Waals surface area contributed by atoms with Crippen molar-refractivity contribution in [1.29, 1.82) is 0 Å². The molecule has 0 fully saturated rings. The lowest BCUT2D eigenvalue weighted by atomic mass is 10.1. The fourth-order valence-electron chi connectivity index (χ4n) is 2.27. The fourth-order valence-corrected chi connectivity index (χ4v) is 2.27.